The molecule has 112 valence electrons. The summed E-state index contributed by atoms with van der Waals surface area (Å²) in [6, 6.07) is 20.1. The number of aliphatic hydroxyl groups is 1. The van der Waals surface area contributed by atoms with Crippen LogP contribution in [-0.4, -0.2) is 30.3 Å². The first-order valence-electron chi connectivity index (χ1n) is 7.48. The summed E-state index contributed by atoms with van der Waals surface area (Å²) < 4.78 is 0. The molecule has 0 spiro atoms. The van der Waals surface area contributed by atoms with Crippen LogP contribution in [0.15, 0.2) is 60.7 Å². The van der Waals surface area contributed by atoms with Crippen molar-refractivity contribution in [3.05, 3.63) is 71.8 Å². The minimum Gasteiger partial charge on any atom is -0.390 e. The molecular formula is C18H24N2O. The van der Waals surface area contributed by atoms with Gasteiger partial charge in [0.15, 0.2) is 0 Å². The molecule has 0 amide bonds. The summed E-state index contributed by atoms with van der Waals surface area (Å²) in [4.78, 5) is 0. The van der Waals surface area contributed by atoms with Crippen molar-refractivity contribution in [2.24, 2.45) is 5.73 Å². The highest BCUT2D eigenvalue weighted by Gasteiger charge is 2.14. The predicted molar refractivity (Wildman–Crippen MR) is 87.1 cm³/mol. The van der Waals surface area contributed by atoms with E-state index in [0.717, 1.165) is 18.5 Å². The smallest absolute Gasteiger partial charge is 0.0818 e. The third kappa shape index (κ3) is 5.68. The van der Waals surface area contributed by atoms with Gasteiger partial charge in [-0.3, -0.25) is 0 Å². The second-order valence-electron chi connectivity index (χ2n) is 5.36. The van der Waals surface area contributed by atoms with Gasteiger partial charge in [0, 0.05) is 12.6 Å². The lowest BCUT2D eigenvalue weighted by Crippen LogP contribution is -2.43. The Morgan fingerprint density at radius 2 is 1.48 bits per heavy atom. The molecule has 0 aliphatic heterocycles. The number of benzene rings is 2. The minimum absolute atomic E-state index is 0.239. The molecule has 0 aliphatic carbocycles. The van der Waals surface area contributed by atoms with Gasteiger partial charge >= 0.3 is 0 Å². The van der Waals surface area contributed by atoms with Crippen LogP contribution in [-0.2, 0) is 12.8 Å². The average molecular weight is 284 g/mol. The summed E-state index contributed by atoms with van der Waals surface area (Å²) >= 11 is 0. The predicted octanol–water partition coefficient (Wildman–Crippen LogP) is 1.75. The highest BCUT2D eigenvalue weighted by atomic mass is 16.3. The quantitative estimate of drug-likeness (QED) is 0.647. The monoisotopic (exact) mass is 284 g/mol. The molecule has 0 heterocycles. The van der Waals surface area contributed by atoms with Crippen molar-refractivity contribution in [2.75, 3.05) is 13.1 Å². The molecular weight excluding hydrogens is 260 g/mol. The average Bonchev–Trinajstić information content (AvgIpc) is 2.53. The number of rotatable bonds is 8. The van der Waals surface area contributed by atoms with Crippen LogP contribution >= 0.6 is 0 Å². The van der Waals surface area contributed by atoms with Crippen molar-refractivity contribution in [2.45, 2.75) is 25.0 Å². The summed E-state index contributed by atoms with van der Waals surface area (Å²) in [6.07, 6.45) is 1.13. The van der Waals surface area contributed by atoms with E-state index in [0.29, 0.717) is 13.0 Å². The molecule has 21 heavy (non-hydrogen) atoms. The van der Waals surface area contributed by atoms with Crippen LogP contribution in [0, 0.1) is 0 Å². The van der Waals surface area contributed by atoms with Crippen LogP contribution < -0.4 is 11.1 Å². The first-order chi connectivity index (χ1) is 10.3. The summed E-state index contributed by atoms with van der Waals surface area (Å²) in [6.45, 7) is 1.37. The lowest BCUT2D eigenvalue weighted by molar-refractivity contribution is 0.142. The third-order valence-corrected chi connectivity index (χ3v) is 3.60. The summed E-state index contributed by atoms with van der Waals surface area (Å²) in [7, 11) is 0. The molecule has 0 saturated carbocycles. The van der Waals surface area contributed by atoms with Gasteiger partial charge in [-0.2, -0.15) is 0 Å². The molecule has 2 aromatic rings. The highest BCUT2D eigenvalue weighted by Crippen LogP contribution is 2.04. The second kappa shape index (κ2) is 8.57. The van der Waals surface area contributed by atoms with E-state index < -0.39 is 6.10 Å². The Bertz CT molecular complexity index is 501. The van der Waals surface area contributed by atoms with Crippen LogP contribution in [0.3, 0.4) is 0 Å². The van der Waals surface area contributed by atoms with E-state index in [9.17, 15) is 5.11 Å². The fourth-order valence-corrected chi connectivity index (χ4v) is 2.30. The van der Waals surface area contributed by atoms with E-state index in [1.54, 1.807) is 0 Å². The van der Waals surface area contributed by atoms with Gasteiger partial charge in [-0.15, -0.1) is 0 Å². The lowest BCUT2D eigenvalue weighted by atomic mass is 10.0. The Hall–Kier alpha value is -1.68. The number of aliphatic hydroxyl groups excluding tert-OH is 1. The fourth-order valence-electron chi connectivity index (χ4n) is 2.30. The zero-order valence-corrected chi connectivity index (χ0v) is 12.3. The van der Waals surface area contributed by atoms with Crippen molar-refractivity contribution in [3.63, 3.8) is 0 Å². The number of nitrogens with two attached hydrogens (primary N) is 1. The van der Waals surface area contributed by atoms with Crippen LogP contribution in [0.5, 0.6) is 0 Å². The largest absolute Gasteiger partial charge is 0.390 e. The van der Waals surface area contributed by atoms with Gasteiger partial charge in [0.2, 0.25) is 0 Å². The van der Waals surface area contributed by atoms with Crippen molar-refractivity contribution in [3.8, 4) is 0 Å². The maximum atomic E-state index is 10.1. The molecule has 2 atom stereocenters. The molecule has 3 heteroatoms. The summed E-state index contributed by atoms with van der Waals surface area (Å²) in [5, 5.41) is 13.4. The van der Waals surface area contributed by atoms with Gasteiger partial charge in [-0.05, 0) is 30.5 Å². The Morgan fingerprint density at radius 1 is 0.905 bits per heavy atom. The van der Waals surface area contributed by atoms with Crippen LogP contribution in [0.25, 0.3) is 0 Å². The van der Waals surface area contributed by atoms with E-state index in [-0.39, 0.29) is 6.04 Å². The molecule has 0 fully saturated rings. The molecule has 0 unspecified atom stereocenters. The first-order valence-corrected chi connectivity index (χ1v) is 7.48. The standard InChI is InChI=1S/C18H24N2O/c19-17(13-16-9-5-2-6-10-16)18(21)14-20-12-11-15-7-3-1-4-8-15/h1-10,17-18,20-21H,11-14,19H2/t17-,18-/m0/s1. The van der Waals surface area contributed by atoms with Crippen molar-refractivity contribution >= 4 is 0 Å². The maximum Gasteiger partial charge on any atom is 0.0818 e. The SMILES string of the molecule is N[C@@H](Cc1ccccc1)[C@@H](O)CNCCc1ccccc1. The molecule has 3 nitrogen and oxygen atoms in total. The zero-order chi connectivity index (χ0) is 14.9. The third-order valence-electron chi connectivity index (χ3n) is 3.60. The molecule has 0 saturated heterocycles. The summed E-state index contributed by atoms with van der Waals surface area (Å²) in [5.74, 6) is 0. The maximum absolute atomic E-state index is 10.1. The van der Waals surface area contributed by atoms with Gasteiger partial charge < -0.3 is 16.2 Å². The zero-order valence-electron chi connectivity index (χ0n) is 12.3. The van der Waals surface area contributed by atoms with Crippen molar-refractivity contribution in [1.82, 2.24) is 5.32 Å². The van der Waals surface area contributed by atoms with Crippen molar-refractivity contribution < 1.29 is 5.11 Å². The molecule has 0 aliphatic rings. The molecule has 2 aromatic carbocycles. The van der Waals surface area contributed by atoms with E-state index in [1.165, 1.54) is 5.56 Å². The number of hydrogen-bond donors (Lipinski definition) is 3. The van der Waals surface area contributed by atoms with E-state index in [4.69, 9.17) is 5.73 Å². The van der Waals surface area contributed by atoms with Crippen LogP contribution in [0.4, 0.5) is 0 Å². The van der Waals surface area contributed by atoms with Gasteiger partial charge in [-0.1, -0.05) is 60.7 Å². The first kappa shape index (κ1) is 15.7. The second-order valence-corrected chi connectivity index (χ2v) is 5.36. The number of nitrogens with one attached hydrogen (secondary N) is 1. The molecule has 0 radical (unpaired) electrons. The molecule has 2 rings (SSSR count). The Kier molecular flexibility index (Phi) is 6.41. The Labute approximate surface area is 126 Å². The molecule has 0 aromatic heterocycles. The van der Waals surface area contributed by atoms with Crippen LogP contribution in [0.1, 0.15) is 11.1 Å². The molecule has 4 N–H and O–H groups in total. The van der Waals surface area contributed by atoms with Gasteiger partial charge in [-0.25, -0.2) is 0 Å². The Balaban J connectivity index is 1.66. The fraction of sp³-hybridized carbons (Fsp3) is 0.333. The summed E-state index contributed by atoms with van der Waals surface area (Å²) in [5.41, 5.74) is 8.51. The van der Waals surface area contributed by atoms with Gasteiger partial charge in [0.25, 0.3) is 0 Å². The highest BCUT2D eigenvalue weighted by molar-refractivity contribution is 5.16. The van der Waals surface area contributed by atoms with Gasteiger partial charge in [0.1, 0.15) is 0 Å². The Morgan fingerprint density at radius 3 is 2.10 bits per heavy atom. The van der Waals surface area contributed by atoms with Crippen LogP contribution in [0.2, 0.25) is 0 Å². The van der Waals surface area contributed by atoms with E-state index >= 15 is 0 Å². The topological polar surface area (TPSA) is 58.3 Å². The molecule has 0 bridgehead atoms. The van der Waals surface area contributed by atoms with Gasteiger partial charge in [0.05, 0.1) is 6.10 Å². The van der Waals surface area contributed by atoms with E-state index in [1.807, 2.05) is 48.5 Å². The lowest BCUT2D eigenvalue weighted by Gasteiger charge is -2.19. The number of hydrogen-bond acceptors (Lipinski definition) is 3. The normalized spacial score (nSPS) is 13.8. The van der Waals surface area contributed by atoms with E-state index in [2.05, 4.69) is 17.4 Å². The van der Waals surface area contributed by atoms with Crippen molar-refractivity contribution in [1.29, 1.82) is 0 Å². The minimum atomic E-state index is -0.527.